The van der Waals surface area contributed by atoms with E-state index in [1.807, 2.05) is 11.4 Å². The summed E-state index contributed by atoms with van der Waals surface area (Å²) in [6, 6.07) is 5.52. The number of benzene rings is 1. The van der Waals surface area contributed by atoms with Crippen molar-refractivity contribution in [1.82, 2.24) is 15.5 Å². The van der Waals surface area contributed by atoms with Gasteiger partial charge in [-0.3, -0.25) is 9.59 Å². The molecule has 1 aromatic heterocycles. The molecule has 0 radical (unpaired) electrons. The van der Waals surface area contributed by atoms with Gasteiger partial charge in [-0.15, -0.1) is 11.3 Å². The van der Waals surface area contributed by atoms with Gasteiger partial charge in [-0.1, -0.05) is 30.4 Å². The first-order valence-electron chi connectivity index (χ1n) is 11.0. The Bertz CT molecular complexity index is 1090. The highest BCUT2D eigenvalue weighted by Gasteiger charge is 2.38. The predicted molar refractivity (Wildman–Crippen MR) is 126 cm³/mol. The number of Topliss-reactive ketones (excluding diaryl/α,β-unsaturated/α-hetero) is 1. The van der Waals surface area contributed by atoms with E-state index in [9.17, 15) is 14.4 Å². The van der Waals surface area contributed by atoms with Gasteiger partial charge in [0.15, 0.2) is 5.78 Å². The first-order valence-corrected chi connectivity index (χ1v) is 11.9. The number of thiophene rings is 1. The lowest BCUT2D eigenvalue weighted by Crippen LogP contribution is -2.41. The van der Waals surface area contributed by atoms with Crippen molar-refractivity contribution >= 4 is 29.1 Å². The number of ketones is 1. The Kier molecular flexibility index (Phi) is 6.46. The zero-order chi connectivity index (χ0) is 22.8. The van der Waals surface area contributed by atoms with Crippen LogP contribution in [0, 0.1) is 13.8 Å². The van der Waals surface area contributed by atoms with E-state index in [4.69, 9.17) is 0 Å². The minimum Gasteiger partial charge on any atom is -0.334 e. The second-order valence-corrected chi connectivity index (χ2v) is 9.70. The molecule has 1 fully saturated rings. The summed E-state index contributed by atoms with van der Waals surface area (Å²) in [5, 5.41) is 7.63. The zero-order valence-corrected chi connectivity index (χ0v) is 19.4. The number of hydrogen-bond acceptors (Lipinski definition) is 4. The van der Waals surface area contributed by atoms with Crippen LogP contribution in [-0.4, -0.2) is 28.7 Å². The summed E-state index contributed by atoms with van der Waals surface area (Å²) < 4.78 is 0. The minimum absolute atomic E-state index is 0.0763. The van der Waals surface area contributed by atoms with Gasteiger partial charge in [-0.2, -0.15) is 0 Å². The number of urea groups is 1. The topological polar surface area (TPSA) is 78.5 Å². The van der Waals surface area contributed by atoms with Crippen LogP contribution >= 0.6 is 11.3 Å². The van der Waals surface area contributed by atoms with Crippen molar-refractivity contribution in [2.24, 2.45) is 0 Å². The Labute approximate surface area is 192 Å². The Hall–Kier alpha value is -2.93. The number of carbonyl (C=O) groups excluding carboxylic acids is 3. The number of rotatable bonds is 5. The average Bonchev–Trinajstić information content (AvgIpc) is 3.24. The summed E-state index contributed by atoms with van der Waals surface area (Å²) in [4.78, 5) is 40.6. The molecule has 3 amide bonds. The van der Waals surface area contributed by atoms with Crippen LogP contribution < -0.4 is 10.6 Å². The summed E-state index contributed by atoms with van der Waals surface area (Å²) in [5.74, 6) is 0.00706. The molecule has 2 N–H and O–H groups in total. The third-order valence-electron chi connectivity index (χ3n) is 6.41. The molecule has 168 valence electrons. The summed E-state index contributed by atoms with van der Waals surface area (Å²) in [7, 11) is 0. The first-order chi connectivity index (χ1) is 15.3. The molecule has 2 aliphatic rings. The van der Waals surface area contributed by atoms with Crippen molar-refractivity contribution in [3.63, 3.8) is 0 Å². The van der Waals surface area contributed by atoms with E-state index in [-0.39, 0.29) is 23.8 Å². The van der Waals surface area contributed by atoms with Crippen molar-refractivity contribution < 1.29 is 14.4 Å². The Balaban J connectivity index is 1.35. The average molecular weight is 452 g/mol. The van der Waals surface area contributed by atoms with Crippen molar-refractivity contribution in [2.45, 2.75) is 65.2 Å². The number of hydrogen-bond donors (Lipinski definition) is 2. The molecule has 2 heterocycles. The normalized spacial score (nSPS) is 18.5. The van der Waals surface area contributed by atoms with Gasteiger partial charge in [0.2, 0.25) is 0 Å². The number of amides is 3. The third kappa shape index (κ3) is 4.63. The largest absolute Gasteiger partial charge is 0.334 e. The zero-order valence-electron chi connectivity index (χ0n) is 18.6. The SMILES string of the molecule is C=C1CCCC(N2Cc3c(csc3CNC(=O)NCc3ccc(C)c(C)c3)C2=O)C(=O)C1. The Morgan fingerprint density at radius 1 is 1.19 bits per heavy atom. The molecule has 1 aliphatic carbocycles. The molecule has 0 spiro atoms. The van der Waals surface area contributed by atoms with Gasteiger partial charge < -0.3 is 15.5 Å². The maximum Gasteiger partial charge on any atom is 0.315 e. The molecular weight excluding hydrogens is 422 g/mol. The van der Waals surface area contributed by atoms with E-state index in [0.717, 1.165) is 34.4 Å². The van der Waals surface area contributed by atoms with Gasteiger partial charge in [-0.25, -0.2) is 4.79 Å². The van der Waals surface area contributed by atoms with Crippen LogP contribution in [-0.2, 0) is 24.4 Å². The van der Waals surface area contributed by atoms with E-state index in [0.29, 0.717) is 38.0 Å². The fraction of sp³-hybridized carbons (Fsp3) is 0.400. The van der Waals surface area contributed by atoms with Gasteiger partial charge in [0.1, 0.15) is 0 Å². The summed E-state index contributed by atoms with van der Waals surface area (Å²) >= 11 is 1.48. The highest BCUT2D eigenvalue weighted by atomic mass is 32.1. The molecule has 1 atom stereocenters. The van der Waals surface area contributed by atoms with Crippen LogP contribution in [0.2, 0.25) is 0 Å². The van der Waals surface area contributed by atoms with Crippen LogP contribution in [0.5, 0.6) is 0 Å². The maximum atomic E-state index is 13.0. The van der Waals surface area contributed by atoms with Gasteiger partial charge in [0.25, 0.3) is 5.91 Å². The quantitative estimate of drug-likeness (QED) is 0.523. The van der Waals surface area contributed by atoms with Crippen LogP contribution in [0.1, 0.15) is 63.2 Å². The van der Waals surface area contributed by atoms with Gasteiger partial charge in [0.05, 0.1) is 18.2 Å². The van der Waals surface area contributed by atoms with Crippen LogP contribution in [0.3, 0.4) is 0 Å². The molecule has 2 aromatic rings. The van der Waals surface area contributed by atoms with Crippen LogP contribution in [0.15, 0.2) is 35.7 Å². The maximum absolute atomic E-state index is 13.0. The van der Waals surface area contributed by atoms with Crippen molar-refractivity contribution in [3.8, 4) is 0 Å². The lowest BCUT2D eigenvalue weighted by Gasteiger charge is -2.25. The van der Waals surface area contributed by atoms with Gasteiger partial charge in [0, 0.05) is 29.8 Å². The number of allylic oxidation sites excluding steroid dienone is 1. The molecular formula is C25H29N3O3S. The number of aryl methyl sites for hydroxylation is 2. The fourth-order valence-corrected chi connectivity index (χ4v) is 5.36. The molecule has 1 aromatic carbocycles. The van der Waals surface area contributed by atoms with E-state index >= 15 is 0 Å². The Morgan fingerprint density at radius 2 is 1.97 bits per heavy atom. The predicted octanol–water partition coefficient (Wildman–Crippen LogP) is 4.39. The van der Waals surface area contributed by atoms with Crippen molar-refractivity contribution in [1.29, 1.82) is 0 Å². The standard InChI is InChI=1S/C25H29N3O3S/c1-15-5-4-6-21(22(29)9-15)28-13-19-20(24(28)30)14-32-23(19)12-27-25(31)26-11-18-8-7-16(2)17(3)10-18/h7-8,10,14,21H,1,4-6,9,11-13H2,2-3H3,(H2,26,27,31). The summed E-state index contributed by atoms with van der Waals surface area (Å²) in [6.45, 7) is 9.32. The molecule has 0 saturated heterocycles. The first kappa shape index (κ1) is 22.3. The second kappa shape index (κ2) is 9.28. The fourth-order valence-electron chi connectivity index (χ4n) is 4.38. The Morgan fingerprint density at radius 3 is 2.75 bits per heavy atom. The van der Waals surface area contributed by atoms with E-state index < -0.39 is 0 Å². The van der Waals surface area contributed by atoms with Gasteiger partial charge >= 0.3 is 6.03 Å². The second-order valence-electron chi connectivity index (χ2n) is 8.74. The third-order valence-corrected chi connectivity index (χ3v) is 7.44. The van der Waals surface area contributed by atoms with Crippen LogP contribution in [0.25, 0.3) is 0 Å². The molecule has 0 bridgehead atoms. The van der Waals surface area contributed by atoms with E-state index in [1.165, 1.54) is 22.5 Å². The molecule has 7 heteroatoms. The number of nitrogens with zero attached hydrogens (tertiary/aromatic N) is 1. The van der Waals surface area contributed by atoms with Crippen molar-refractivity contribution in [2.75, 3.05) is 0 Å². The van der Waals surface area contributed by atoms with Gasteiger partial charge in [-0.05, 0) is 55.4 Å². The number of fused-ring (bicyclic) bond motifs is 1. The lowest BCUT2D eigenvalue weighted by molar-refractivity contribution is -0.122. The molecule has 32 heavy (non-hydrogen) atoms. The molecule has 4 rings (SSSR count). The molecule has 1 saturated carbocycles. The van der Waals surface area contributed by atoms with Crippen molar-refractivity contribution in [3.05, 3.63) is 68.4 Å². The van der Waals surface area contributed by atoms with E-state index in [1.54, 1.807) is 4.90 Å². The van der Waals surface area contributed by atoms with Crippen LogP contribution in [0.4, 0.5) is 4.79 Å². The smallest absolute Gasteiger partial charge is 0.315 e. The minimum atomic E-state index is -0.374. The molecule has 6 nitrogen and oxygen atoms in total. The van der Waals surface area contributed by atoms with E-state index in [2.05, 4.69) is 43.2 Å². The highest BCUT2D eigenvalue weighted by molar-refractivity contribution is 7.10. The lowest BCUT2D eigenvalue weighted by atomic mass is 10.1. The highest BCUT2D eigenvalue weighted by Crippen LogP contribution is 2.35. The number of carbonyl (C=O) groups is 3. The monoisotopic (exact) mass is 451 g/mol. The summed E-state index contributed by atoms with van der Waals surface area (Å²) in [6.07, 6.45) is 2.76. The number of nitrogens with one attached hydrogen (secondary N) is 2. The summed E-state index contributed by atoms with van der Waals surface area (Å²) in [5.41, 5.74) is 6.03. The molecule has 1 unspecified atom stereocenters. The molecule has 1 aliphatic heterocycles.